The fourth-order valence-corrected chi connectivity index (χ4v) is 3.68. The highest BCUT2D eigenvalue weighted by Gasteiger charge is 2.26. The lowest BCUT2D eigenvalue weighted by atomic mass is 9.82. The Labute approximate surface area is 156 Å². The van der Waals surface area contributed by atoms with Gasteiger partial charge in [0.05, 0.1) is 6.61 Å². The maximum atomic E-state index is 12.2. The van der Waals surface area contributed by atoms with Crippen molar-refractivity contribution in [2.75, 3.05) is 11.9 Å². The van der Waals surface area contributed by atoms with E-state index < -0.39 is 0 Å². The van der Waals surface area contributed by atoms with Crippen LogP contribution >= 0.6 is 0 Å². The van der Waals surface area contributed by atoms with Gasteiger partial charge in [-0.05, 0) is 62.3 Å². The average molecular weight is 360 g/mol. The number of carbonyl (C=O) groups excluding carboxylic acids is 2. The number of rotatable bonds is 7. The molecule has 0 bridgehead atoms. The molecule has 0 aromatic heterocycles. The second-order valence-corrected chi connectivity index (χ2v) is 8.99. The smallest absolute Gasteiger partial charge is 0.224 e. The van der Waals surface area contributed by atoms with E-state index in [1.165, 1.54) is 0 Å². The highest BCUT2D eigenvalue weighted by atomic mass is 16.5. The molecule has 0 radical (unpaired) electrons. The first-order valence-electron chi connectivity index (χ1n) is 9.41. The molecule has 1 aromatic rings. The summed E-state index contributed by atoms with van der Waals surface area (Å²) in [5, 5.41) is 5.98. The standard InChI is InChI=1S/C21H32N2O3/c1-20(2,3)14-21(4,5)23-19(25)7-6-12-26-16-9-10-17-15(13-16)8-11-18(24)22-17/h9-10,13H,6-8,11-12,14H2,1-5H3,(H,22,24)(H,23,25). The molecule has 144 valence electrons. The quantitative estimate of drug-likeness (QED) is 0.721. The van der Waals surface area contributed by atoms with Gasteiger partial charge in [-0.1, -0.05) is 20.8 Å². The van der Waals surface area contributed by atoms with Gasteiger partial charge in [0.1, 0.15) is 5.75 Å². The first kappa shape index (κ1) is 20.3. The fourth-order valence-electron chi connectivity index (χ4n) is 3.68. The van der Waals surface area contributed by atoms with E-state index in [0.29, 0.717) is 25.9 Å². The third-order valence-corrected chi connectivity index (χ3v) is 4.24. The second-order valence-electron chi connectivity index (χ2n) is 8.99. The number of nitrogens with one attached hydrogen (secondary N) is 2. The Morgan fingerprint density at radius 1 is 1.19 bits per heavy atom. The molecule has 2 N–H and O–H groups in total. The molecule has 26 heavy (non-hydrogen) atoms. The fraction of sp³-hybridized carbons (Fsp3) is 0.619. The molecule has 5 heteroatoms. The number of carbonyl (C=O) groups is 2. The molecule has 1 aromatic carbocycles. The van der Waals surface area contributed by atoms with Crippen molar-refractivity contribution in [2.24, 2.45) is 5.41 Å². The molecule has 1 aliphatic heterocycles. The van der Waals surface area contributed by atoms with Gasteiger partial charge in [-0.25, -0.2) is 0 Å². The van der Waals surface area contributed by atoms with E-state index >= 15 is 0 Å². The first-order valence-corrected chi connectivity index (χ1v) is 9.41. The zero-order valence-corrected chi connectivity index (χ0v) is 16.7. The van der Waals surface area contributed by atoms with E-state index in [9.17, 15) is 9.59 Å². The number of hydrogen-bond acceptors (Lipinski definition) is 3. The molecule has 0 saturated carbocycles. The Hall–Kier alpha value is -2.04. The van der Waals surface area contributed by atoms with Crippen molar-refractivity contribution in [1.29, 1.82) is 0 Å². The minimum Gasteiger partial charge on any atom is -0.494 e. The number of anilines is 1. The number of fused-ring (bicyclic) bond motifs is 1. The summed E-state index contributed by atoms with van der Waals surface area (Å²) < 4.78 is 5.77. The molecule has 0 aliphatic carbocycles. The van der Waals surface area contributed by atoms with Crippen molar-refractivity contribution in [3.63, 3.8) is 0 Å². The van der Waals surface area contributed by atoms with Crippen molar-refractivity contribution >= 4 is 17.5 Å². The molecule has 0 unspecified atom stereocenters. The van der Waals surface area contributed by atoms with Crippen LogP contribution in [0, 0.1) is 5.41 Å². The molecule has 0 spiro atoms. The summed E-state index contributed by atoms with van der Waals surface area (Å²) in [6.07, 6.45) is 3.30. The molecule has 2 amide bonds. The second kappa shape index (κ2) is 8.11. The maximum absolute atomic E-state index is 12.2. The summed E-state index contributed by atoms with van der Waals surface area (Å²) in [5.41, 5.74) is 1.93. The van der Waals surface area contributed by atoms with Crippen molar-refractivity contribution in [3.8, 4) is 5.75 Å². The highest BCUT2D eigenvalue weighted by molar-refractivity contribution is 5.94. The van der Waals surface area contributed by atoms with E-state index in [1.807, 2.05) is 18.2 Å². The van der Waals surface area contributed by atoms with Crippen LogP contribution in [-0.2, 0) is 16.0 Å². The van der Waals surface area contributed by atoms with Crippen LogP contribution in [0.4, 0.5) is 5.69 Å². The molecule has 2 rings (SSSR count). The van der Waals surface area contributed by atoms with E-state index in [4.69, 9.17) is 4.74 Å². The Balaban J connectivity index is 1.73. The summed E-state index contributed by atoms with van der Waals surface area (Å²) in [6.45, 7) is 11.2. The average Bonchev–Trinajstić information content (AvgIpc) is 2.48. The predicted molar refractivity (Wildman–Crippen MR) is 104 cm³/mol. The number of aryl methyl sites for hydroxylation is 1. The lowest BCUT2D eigenvalue weighted by Crippen LogP contribution is -2.45. The molecular weight excluding hydrogens is 328 g/mol. The third kappa shape index (κ3) is 6.70. The van der Waals surface area contributed by atoms with Gasteiger partial charge in [0.15, 0.2) is 0 Å². The predicted octanol–water partition coefficient (Wildman–Crippen LogP) is 4.06. The van der Waals surface area contributed by atoms with Crippen molar-refractivity contribution < 1.29 is 14.3 Å². The van der Waals surface area contributed by atoms with Crippen molar-refractivity contribution in [2.45, 2.75) is 72.3 Å². The SMILES string of the molecule is CC(C)(C)CC(C)(C)NC(=O)CCCOc1ccc2c(c1)CCC(=O)N2. The monoisotopic (exact) mass is 360 g/mol. The van der Waals surface area contributed by atoms with Crippen LogP contribution in [-0.4, -0.2) is 24.0 Å². The van der Waals surface area contributed by atoms with E-state index in [2.05, 4.69) is 45.3 Å². The Bertz CT molecular complexity index is 660. The lowest BCUT2D eigenvalue weighted by molar-refractivity contribution is -0.123. The van der Waals surface area contributed by atoms with Gasteiger partial charge in [0, 0.05) is 24.1 Å². The number of benzene rings is 1. The Kier molecular flexibility index (Phi) is 6.32. The molecule has 0 fully saturated rings. The zero-order chi connectivity index (χ0) is 19.4. The minimum absolute atomic E-state index is 0.0616. The third-order valence-electron chi connectivity index (χ3n) is 4.24. The summed E-state index contributed by atoms with van der Waals surface area (Å²) in [5.74, 6) is 0.913. The molecular formula is C21H32N2O3. The topological polar surface area (TPSA) is 67.4 Å². The van der Waals surface area contributed by atoms with Gasteiger partial charge in [-0.15, -0.1) is 0 Å². The van der Waals surface area contributed by atoms with Gasteiger partial charge < -0.3 is 15.4 Å². The largest absolute Gasteiger partial charge is 0.494 e. The van der Waals surface area contributed by atoms with Crippen LogP contribution < -0.4 is 15.4 Å². The van der Waals surface area contributed by atoms with Crippen LogP contribution in [0.5, 0.6) is 5.75 Å². The van der Waals surface area contributed by atoms with Crippen LogP contribution in [0.15, 0.2) is 18.2 Å². The highest BCUT2D eigenvalue weighted by Crippen LogP contribution is 2.28. The zero-order valence-electron chi connectivity index (χ0n) is 16.7. The van der Waals surface area contributed by atoms with E-state index in [-0.39, 0.29) is 22.8 Å². The van der Waals surface area contributed by atoms with Crippen molar-refractivity contribution in [3.05, 3.63) is 23.8 Å². The minimum atomic E-state index is -0.209. The summed E-state index contributed by atoms with van der Waals surface area (Å²) >= 11 is 0. The van der Waals surface area contributed by atoms with Gasteiger partial charge in [0.25, 0.3) is 0 Å². The maximum Gasteiger partial charge on any atom is 0.224 e. The Morgan fingerprint density at radius 2 is 1.92 bits per heavy atom. The van der Waals surface area contributed by atoms with Gasteiger partial charge in [-0.3, -0.25) is 9.59 Å². The van der Waals surface area contributed by atoms with Gasteiger partial charge >= 0.3 is 0 Å². The van der Waals surface area contributed by atoms with E-state index in [1.54, 1.807) is 0 Å². The summed E-state index contributed by atoms with van der Waals surface area (Å²) in [6, 6.07) is 5.71. The van der Waals surface area contributed by atoms with Crippen LogP contribution in [0.25, 0.3) is 0 Å². The van der Waals surface area contributed by atoms with Crippen LogP contribution in [0.1, 0.15) is 65.9 Å². The van der Waals surface area contributed by atoms with Crippen LogP contribution in [0.3, 0.4) is 0 Å². The number of amides is 2. The summed E-state index contributed by atoms with van der Waals surface area (Å²) in [4.78, 5) is 23.6. The van der Waals surface area contributed by atoms with E-state index in [0.717, 1.165) is 29.8 Å². The normalized spacial score (nSPS) is 14.4. The van der Waals surface area contributed by atoms with Crippen LogP contribution in [0.2, 0.25) is 0 Å². The number of hydrogen-bond donors (Lipinski definition) is 2. The molecule has 1 aliphatic rings. The summed E-state index contributed by atoms with van der Waals surface area (Å²) in [7, 11) is 0. The molecule has 1 heterocycles. The Morgan fingerprint density at radius 3 is 2.62 bits per heavy atom. The number of ether oxygens (including phenoxy) is 1. The molecule has 0 atom stereocenters. The molecule has 5 nitrogen and oxygen atoms in total. The first-order chi connectivity index (χ1) is 12.0. The molecule has 0 saturated heterocycles. The van der Waals surface area contributed by atoms with Gasteiger partial charge in [0.2, 0.25) is 11.8 Å². The lowest BCUT2D eigenvalue weighted by Gasteiger charge is -2.33. The van der Waals surface area contributed by atoms with Crippen molar-refractivity contribution in [1.82, 2.24) is 5.32 Å². The van der Waals surface area contributed by atoms with Gasteiger partial charge in [-0.2, -0.15) is 0 Å².